The molecule has 1 amide bonds. The summed E-state index contributed by atoms with van der Waals surface area (Å²) in [6.07, 6.45) is 6.58. The standard InChI is InChI=1S/C19H22N6OS/c1-13-21-22-18-17(20-6-9-25(13)18)23-7-2-3-15(12-23)19(26)24-8-4-16-14(11-24)5-10-27-16/h5-6,9-10,15H,2-4,7-8,11-12H2,1H3. The van der Waals surface area contributed by atoms with E-state index in [1.54, 1.807) is 17.5 Å². The van der Waals surface area contributed by atoms with E-state index in [9.17, 15) is 4.79 Å². The van der Waals surface area contributed by atoms with E-state index in [1.807, 2.05) is 22.4 Å². The van der Waals surface area contributed by atoms with Crippen molar-refractivity contribution in [2.45, 2.75) is 32.7 Å². The lowest BCUT2D eigenvalue weighted by Gasteiger charge is -2.36. The number of thiophene rings is 1. The van der Waals surface area contributed by atoms with E-state index < -0.39 is 0 Å². The number of hydrogen-bond acceptors (Lipinski definition) is 6. The van der Waals surface area contributed by atoms with Gasteiger partial charge in [-0.1, -0.05) is 0 Å². The lowest BCUT2D eigenvalue weighted by Crippen LogP contribution is -2.46. The molecule has 0 bridgehead atoms. The number of amides is 1. The van der Waals surface area contributed by atoms with Crippen LogP contribution in [0.3, 0.4) is 0 Å². The number of hydrogen-bond donors (Lipinski definition) is 0. The van der Waals surface area contributed by atoms with Crippen LogP contribution in [0.25, 0.3) is 5.65 Å². The average Bonchev–Trinajstić information content (AvgIpc) is 3.33. The number of carbonyl (C=O) groups excluding carboxylic acids is 1. The topological polar surface area (TPSA) is 66.6 Å². The van der Waals surface area contributed by atoms with Gasteiger partial charge in [0.2, 0.25) is 11.6 Å². The van der Waals surface area contributed by atoms with E-state index in [2.05, 4.69) is 31.5 Å². The molecular formula is C19H22N6OS. The van der Waals surface area contributed by atoms with Gasteiger partial charge in [-0.05, 0) is 43.2 Å². The van der Waals surface area contributed by atoms with Crippen LogP contribution in [0.2, 0.25) is 0 Å². The molecule has 0 spiro atoms. The maximum atomic E-state index is 13.2. The zero-order chi connectivity index (χ0) is 18.4. The SMILES string of the molecule is Cc1nnc2c(N3CCCC(C(=O)N4CCc5sccc5C4)C3)nccn12. The summed E-state index contributed by atoms with van der Waals surface area (Å²) in [6.45, 7) is 5.12. The number of rotatable bonds is 2. The fraction of sp³-hybridized carbons (Fsp3) is 0.474. The van der Waals surface area contributed by atoms with Gasteiger partial charge in [0, 0.05) is 43.4 Å². The maximum absolute atomic E-state index is 13.2. The molecule has 2 aliphatic rings. The molecule has 1 atom stereocenters. The number of aryl methyl sites for hydroxylation is 1. The fourth-order valence-electron chi connectivity index (χ4n) is 4.22. The van der Waals surface area contributed by atoms with Gasteiger partial charge in [-0.15, -0.1) is 21.5 Å². The van der Waals surface area contributed by atoms with Gasteiger partial charge >= 0.3 is 0 Å². The Kier molecular flexibility index (Phi) is 4.07. The van der Waals surface area contributed by atoms with Crippen LogP contribution in [0.1, 0.15) is 29.1 Å². The molecule has 140 valence electrons. The van der Waals surface area contributed by atoms with Crippen LogP contribution in [-0.2, 0) is 17.8 Å². The number of piperidine rings is 1. The van der Waals surface area contributed by atoms with Gasteiger partial charge < -0.3 is 9.80 Å². The zero-order valence-electron chi connectivity index (χ0n) is 15.3. The number of nitrogens with zero attached hydrogens (tertiary/aromatic N) is 6. The molecule has 0 aliphatic carbocycles. The molecule has 1 unspecified atom stereocenters. The molecule has 0 N–H and O–H groups in total. The molecule has 1 fully saturated rings. The van der Waals surface area contributed by atoms with Crippen LogP contribution in [0.5, 0.6) is 0 Å². The Morgan fingerprint density at radius 1 is 1.30 bits per heavy atom. The third kappa shape index (κ3) is 2.88. The lowest BCUT2D eigenvalue weighted by atomic mass is 9.95. The second kappa shape index (κ2) is 6.60. The molecule has 7 nitrogen and oxygen atoms in total. The summed E-state index contributed by atoms with van der Waals surface area (Å²) in [6, 6.07) is 2.16. The Hall–Kier alpha value is -2.48. The van der Waals surface area contributed by atoms with Gasteiger partial charge in [0.05, 0.1) is 5.92 Å². The minimum atomic E-state index is 0.0185. The van der Waals surface area contributed by atoms with E-state index in [1.165, 1.54) is 10.4 Å². The van der Waals surface area contributed by atoms with E-state index in [0.717, 1.165) is 56.2 Å². The molecule has 3 aromatic rings. The predicted octanol–water partition coefficient (Wildman–Crippen LogP) is 2.30. The number of fused-ring (bicyclic) bond motifs is 2. The van der Waals surface area contributed by atoms with Crippen LogP contribution in [-0.4, -0.2) is 50.0 Å². The fourth-order valence-corrected chi connectivity index (χ4v) is 5.11. The van der Waals surface area contributed by atoms with Crippen LogP contribution in [0, 0.1) is 12.8 Å². The summed E-state index contributed by atoms with van der Waals surface area (Å²) in [5, 5.41) is 10.6. The van der Waals surface area contributed by atoms with Crippen molar-refractivity contribution < 1.29 is 4.79 Å². The zero-order valence-corrected chi connectivity index (χ0v) is 16.2. The Labute approximate surface area is 161 Å². The quantitative estimate of drug-likeness (QED) is 0.680. The molecule has 0 saturated carbocycles. The van der Waals surface area contributed by atoms with Crippen molar-refractivity contribution in [1.29, 1.82) is 0 Å². The average molecular weight is 382 g/mol. The molecule has 5 heterocycles. The normalized spacial score (nSPS) is 20.1. The van der Waals surface area contributed by atoms with Crippen molar-refractivity contribution in [3.63, 3.8) is 0 Å². The Morgan fingerprint density at radius 2 is 2.22 bits per heavy atom. The summed E-state index contributed by atoms with van der Waals surface area (Å²) in [4.78, 5) is 23.4. The molecule has 5 rings (SSSR count). The number of aromatic nitrogens is 4. The highest BCUT2D eigenvalue weighted by atomic mass is 32.1. The molecule has 0 radical (unpaired) electrons. The van der Waals surface area contributed by atoms with E-state index in [4.69, 9.17) is 0 Å². The smallest absolute Gasteiger partial charge is 0.227 e. The monoisotopic (exact) mass is 382 g/mol. The Balaban J connectivity index is 1.35. The van der Waals surface area contributed by atoms with Crippen LogP contribution in [0.15, 0.2) is 23.8 Å². The largest absolute Gasteiger partial charge is 0.353 e. The van der Waals surface area contributed by atoms with E-state index in [-0.39, 0.29) is 11.8 Å². The highest BCUT2D eigenvalue weighted by Crippen LogP contribution is 2.29. The van der Waals surface area contributed by atoms with Crippen molar-refractivity contribution in [3.05, 3.63) is 40.1 Å². The summed E-state index contributed by atoms with van der Waals surface area (Å²) in [5.41, 5.74) is 2.08. The van der Waals surface area contributed by atoms with Crippen molar-refractivity contribution in [1.82, 2.24) is 24.5 Å². The van der Waals surface area contributed by atoms with E-state index in [0.29, 0.717) is 6.54 Å². The number of carbonyl (C=O) groups is 1. The second-order valence-corrected chi connectivity index (χ2v) is 8.36. The van der Waals surface area contributed by atoms with Crippen LogP contribution < -0.4 is 4.90 Å². The highest BCUT2D eigenvalue weighted by molar-refractivity contribution is 7.10. The van der Waals surface area contributed by atoms with Crippen molar-refractivity contribution in [3.8, 4) is 0 Å². The van der Waals surface area contributed by atoms with Gasteiger partial charge in [-0.25, -0.2) is 4.98 Å². The van der Waals surface area contributed by atoms with Crippen molar-refractivity contribution in [2.24, 2.45) is 5.92 Å². The molecule has 2 aliphatic heterocycles. The number of anilines is 1. The first kappa shape index (κ1) is 16.7. The first-order valence-corrected chi connectivity index (χ1v) is 10.3. The predicted molar refractivity (Wildman–Crippen MR) is 104 cm³/mol. The maximum Gasteiger partial charge on any atom is 0.227 e. The minimum absolute atomic E-state index is 0.0185. The van der Waals surface area contributed by atoms with Crippen LogP contribution >= 0.6 is 11.3 Å². The molecule has 1 saturated heterocycles. The molecule has 3 aromatic heterocycles. The molecular weight excluding hydrogens is 360 g/mol. The summed E-state index contributed by atoms with van der Waals surface area (Å²) >= 11 is 1.81. The third-order valence-electron chi connectivity index (χ3n) is 5.67. The lowest BCUT2D eigenvalue weighted by molar-refractivity contribution is -0.136. The molecule has 0 aromatic carbocycles. The van der Waals surface area contributed by atoms with Crippen molar-refractivity contribution >= 4 is 28.7 Å². The van der Waals surface area contributed by atoms with Gasteiger partial charge in [0.15, 0.2) is 5.82 Å². The first-order chi connectivity index (χ1) is 13.2. The van der Waals surface area contributed by atoms with E-state index >= 15 is 0 Å². The van der Waals surface area contributed by atoms with Gasteiger partial charge in [0.25, 0.3) is 0 Å². The van der Waals surface area contributed by atoms with Crippen LogP contribution in [0.4, 0.5) is 5.82 Å². The van der Waals surface area contributed by atoms with Gasteiger partial charge in [-0.2, -0.15) is 0 Å². The van der Waals surface area contributed by atoms with Gasteiger partial charge in [-0.3, -0.25) is 9.20 Å². The summed E-state index contributed by atoms with van der Waals surface area (Å²) < 4.78 is 1.95. The highest BCUT2D eigenvalue weighted by Gasteiger charge is 2.32. The first-order valence-electron chi connectivity index (χ1n) is 9.46. The summed E-state index contributed by atoms with van der Waals surface area (Å²) in [5.74, 6) is 1.97. The summed E-state index contributed by atoms with van der Waals surface area (Å²) in [7, 11) is 0. The van der Waals surface area contributed by atoms with Crippen molar-refractivity contribution in [2.75, 3.05) is 24.5 Å². The third-order valence-corrected chi connectivity index (χ3v) is 6.69. The Bertz CT molecular complexity index is 995. The molecule has 8 heteroatoms. The molecule has 27 heavy (non-hydrogen) atoms. The minimum Gasteiger partial charge on any atom is -0.353 e. The Morgan fingerprint density at radius 3 is 3.15 bits per heavy atom. The van der Waals surface area contributed by atoms with Gasteiger partial charge in [0.1, 0.15) is 5.82 Å². The second-order valence-electron chi connectivity index (χ2n) is 7.36.